The van der Waals surface area contributed by atoms with Crippen LogP contribution >= 0.6 is 0 Å². The van der Waals surface area contributed by atoms with Crippen molar-refractivity contribution in [2.24, 2.45) is 5.41 Å². The van der Waals surface area contributed by atoms with E-state index in [1.807, 2.05) is 0 Å². The predicted octanol–water partition coefficient (Wildman–Crippen LogP) is 4.21. The van der Waals surface area contributed by atoms with Gasteiger partial charge in [-0.1, -0.05) is 18.2 Å². The average Bonchev–Trinajstić information content (AvgIpc) is 2.83. The fourth-order valence-electron chi connectivity index (χ4n) is 3.07. The SMILES string of the molecule is CON(C)C(=O)c1ccc2cccc(S(=O)(=O)Nc3ccc(NC(=O)C(C)(C)CF)cc3)c2c1. The number of halogens is 1. The molecular formula is C24H26FN3O5S. The van der Waals surface area contributed by atoms with Gasteiger partial charge in [-0.05, 0) is 61.7 Å². The number of anilines is 2. The third-order valence-electron chi connectivity index (χ3n) is 5.28. The zero-order chi connectivity index (χ0) is 25.1. The highest BCUT2D eigenvalue weighted by molar-refractivity contribution is 7.93. The van der Waals surface area contributed by atoms with Crippen LogP contribution < -0.4 is 10.0 Å². The number of hydrogen-bond donors (Lipinski definition) is 2. The van der Waals surface area contributed by atoms with Crippen molar-refractivity contribution in [2.45, 2.75) is 18.7 Å². The van der Waals surface area contributed by atoms with E-state index in [4.69, 9.17) is 4.84 Å². The molecule has 2 N–H and O–H groups in total. The Balaban J connectivity index is 1.88. The first-order valence-electron chi connectivity index (χ1n) is 10.3. The van der Waals surface area contributed by atoms with E-state index in [0.717, 1.165) is 5.06 Å². The molecule has 3 aromatic carbocycles. The summed E-state index contributed by atoms with van der Waals surface area (Å²) in [6.07, 6.45) is 0. The Bertz CT molecular complexity index is 1320. The number of fused-ring (bicyclic) bond motifs is 1. The van der Waals surface area contributed by atoms with Crippen molar-refractivity contribution in [2.75, 3.05) is 30.9 Å². The first-order chi connectivity index (χ1) is 16.0. The zero-order valence-corrected chi connectivity index (χ0v) is 20.1. The molecule has 0 bridgehead atoms. The van der Waals surface area contributed by atoms with Crippen LogP contribution in [-0.2, 0) is 19.7 Å². The molecule has 10 heteroatoms. The minimum absolute atomic E-state index is 0.00166. The Kier molecular flexibility index (Phi) is 7.23. The monoisotopic (exact) mass is 487 g/mol. The van der Waals surface area contributed by atoms with Crippen molar-refractivity contribution < 1.29 is 27.2 Å². The third kappa shape index (κ3) is 5.35. The van der Waals surface area contributed by atoms with E-state index in [1.165, 1.54) is 64.4 Å². The number of carbonyl (C=O) groups excluding carboxylic acids is 2. The molecule has 0 aromatic heterocycles. The standard InChI is InChI=1S/C24H26FN3O5S/c1-24(2,15-25)23(30)26-18-10-12-19(13-11-18)27-34(31,32)21-7-5-6-16-8-9-17(14-20(16)21)22(29)28(3)33-4/h5-14,27H,15H2,1-4H3,(H,26,30). The Morgan fingerprint density at radius 1 is 1.03 bits per heavy atom. The molecule has 180 valence electrons. The highest BCUT2D eigenvalue weighted by Crippen LogP contribution is 2.27. The van der Waals surface area contributed by atoms with E-state index in [0.29, 0.717) is 16.5 Å². The van der Waals surface area contributed by atoms with E-state index in [9.17, 15) is 22.4 Å². The largest absolute Gasteiger partial charge is 0.326 e. The predicted molar refractivity (Wildman–Crippen MR) is 129 cm³/mol. The fourth-order valence-corrected chi connectivity index (χ4v) is 4.35. The van der Waals surface area contributed by atoms with Gasteiger partial charge in [-0.3, -0.25) is 19.1 Å². The summed E-state index contributed by atoms with van der Waals surface area (Å²) in [6.45, 7) is 2.17. The topological polar surface area (TPSA) is 105 Å². The molecular weight excluding hydrogens is 461 g/mol. The molecule has 0 saturated heterocycles. The molecule has 2 amide bonds. The van der Waals surface area contributed by atoms with E-state index < -0.39 is 33.9 Å². The van der Waals surface area contributed by atoms with Crippen molar-refractivity contribution in [1.82, 2.24) is 5.06 Å². The summed E-state index contributed by atoms with van der Waals surface area (Å²) >= 11 is 0. The molecule has 0 fully saturated rings. The van der Waals surface area contributed by atoms with Crippen molar-refractivity contribution in [3.63, 3.8) is 0 Å². The molecule has 8 nitrogen and oxygen atoms in total. The second-order valence-corrected chi connectivity index (χ2v) is 9.98. The number of nitrogens with zero attached hydrogens (tertiary/aromatic N) is 1. The van der Waals surface area contributed by atoms with Crippen molar-refractivity contribution in [3.05, 3.63) is 66.2 Å². The van der Waals surface area contributed by atoms with Gasteiger partial charge in [-0.15, -0.1) is 0 Å². The number of amides is 2. The van der Waals surface area contributed by atoms with Crippen LogP contribution in [0.2, 0.25) is 0 Å². The van der Waals surface area contributed by atoms with Crippen LogP contribution in [0.4, 0.5) is 15.8 Å². The number of rotatable bonds is 8. The molecule has 0 aliphatic heterocycles. The van der Waals surface area contributed by atoms with Gasteiger partial charge < -0.3 is 5.32 Å². The Morgan fingerprint density at radius 2 is 1.68 bits per heavy atom. The third-order valence-corrected chi connectivity index (χ3v) is 6.72. The van der Waals surface area contributed by atoms with E-state index in [-0.39, 0.29) is 16.1 Å². The van der Waals surface area contributed by atoms with Crippen molar-refractivity contribution >= 4 is 44.0 Å². The maximum atomic E-state index is 13.2. The first kappa shape index (κ1) is 25.1. The van der Waals surface area contributed by atoms with E-state index in [1.54, 1.807) is 24.3 Å². The van der Waals surface area contributed by atoms with E-state index >= 15 is 0 Å². The van der Waals surface area contributed by atoms with Crippen LogP contribution in [0.15, 0.2) is 65.6 Å². The summed E-state index contributed by atoms with van der Waals surface area (Å²) in [5, 5.41) is 4.68. The smallest absolute Gasteiger partial charge is 0.277 e. The Morgan fingerprint density at radius 3 is 2.29 bits per heavy atom. The van der Waals surface area contributed by atoms with Crippen LogP contribution in [0.3, 0.4) is 0 Å². The minimum Gasteiger partial charge on any atom is -0.326 e. The van der Waals surface area contributed by atoms with Crippen molar-refractivity contribution in [3.8, 4) is 0 Å². The van der Waals surface area contributed by atoms with Gasteiger partial charge in [0, 0.05) is 29.4 Å². The maximum Gasteiger partial charge on any atom is 0.277 e. The molecule has 0 saturated carbocycles. The lowest BCUT2D eigenvalue weighted by Crippen LogP contribution is -2.32. The molecule has 0 unspecified atom stereocenters. The van der Waals surface area contributed by atoms with E-state index in [2.05, 4.69) is 10.0 Å². The number of hydroxylamine groups is 2. The summed E-state index contributed by atoms with van der Waals surface area (Å²) < 4.78 is 41.9. The molecule has 0 spiro atoms. The van der Waals surface area contributed by atoms with Gasteiger partial charge in [0.25, 0.3) is 15.9 Å². The summed E-state index contributed by atoms with van der Waals surface area (Å²) in [4.78, 5) is 29.5. The van der Waals surface area contributed by atoms with Crippen LogP contribution in [0.1, 0.15) is 24.2 Å². The molecule has 0 radical (unpaired) electrons. The zero-order valence-electron chi connectivity index (χ0n) is 19.3. The lowest BCUT2D eigenvalue weighted by atomic mass is 9.94. The summed E-state index contributed by atoms with van der Waals surface area (Å²) in [6, 6.07) is 15.6. The number of hydrogen-bond acceptors (Lipinski definition) is 5. The van der Waals surface area contributed by atoms with Gasteiger partial charge in [0.1, 0.15) is 6.67 Å². The molecule has 0 aliphatic carbocycles. The molecule has 3 aromatic rings. The first-order valence-corrected chi connectivity index (χ1v) is 11.8. The quantitative estimate of drug-likeness (QED) is 0.463. The number of nitrogens with one attached hydrogen (secondary N) is 2. The van der Waals surface area contributed by atoms with Crippen molar-refractivity contribution in [1.29, 1.82) is 0 Å². The number of carbonyl (C=O) groups is 2. The summed E-state index contributed by atoms with van der Waals surface area (Å²) in [5.41, 5.74) is -0.223. The lowest BCUT2D eigenvalue weighted by molar-refractivity contribution is -0.124. The highest BCUT2D eigenvalue weighted by Gasteiger charge is 2.27. The van der Waals surface area contributed by atoms with Gasteiger partial charge in [0.2, 0.25) is 5.91 Å². The lowest BCUT2D eigenvalue weighted by Gasteiger charge is -2.19. The normalized spacial score (nSPS) is 11.8. The number of alkyl halides is 1. The van der Waals surface area contributed by atoms with Crippen LogP contribution in [0, 0.1) is 5.41 Å². The second kappa shape index (κ2) is 9.78. The van der Waals surface area contributed by atoms with Gasteiger partial charge in [0.15, 0.2) is 0 Å². The molecule has 34 heavy (non-hydrogen) atoms. The summed E-state index contributed by atoms with van der Waals surface area (Å²) in [5.74, 6) is -0.901. The molecule has 0 atom stereocenters. The van der Waals surface area contributed by atoms with Crippen LogP contribution in [0.25, 0.3) is 10.8 Å². The molecule has 3 rings (SSSR count). The average molecular weight is 488 g/mol. The van der Waals surface area contributed by atoms with Gasteiger partial charge >= 0.3 is 0 Å². The number of benzene rings is 3. The second-order valence-electron chi connectivity index (χ2n) is 8.33. The van der Waals surface area contributed by atoms with Gasteiger partial charge in [-0.2, -0.15) is 0 Å². The Labute approximate surface area is 197 Å². The minimum atomic E-state index is -4.01. The molecule has 0 heterocycles. The highest BCUT2D eigenvalue weighted by atomic mass is 32.2. The Hall–Kier alpha value is -3.50. The van der Waals surface area contributed by atoms with Crippen LogP contribution in [-0.4, -0.2) is 46.1 Å². The van der Waals surface area contributed by atoms with Crippen LogP contribution in [0.5, 0.6) is 0 Å². The number of sulfonamides is 1. The maximum absolute atomic E-state index is 13.2. The fraction of sp³-hybridized carbons (Fsp3) is 0.250. The van der Waals surface area contributed by atoms with Gasteiger partial charge in [0.05, 0.1) is 17.4 Å². The van der Waals surface area contributed by atoms with Gasteiger partial charge in [-0.25, -0.2) is 17.9 Å². The molecule has 0 aliphatic rings. The summed E-state index contributed by atoms with van der Waals surface area (Å²) in [7, 11) is -1.20.